The highest BCUT2D eigenvalue weighted by molar-refractivity contribution is 7.47. The van der Waals surface area contributed by atoms with Crippen molar-refractivity contribution in [3.8, 4) is 0 Å². The van der Waals surface area contributed by atoms with Crippen molar-refractivity contribution < 1.29 is 47.5 Å². The molecule has 4 N–H and O–H groups in total. The average molecular weight is 688 g/mol. The first-order valence-corrected chi connectivity index (χ1v) is 19.0. The number of allylic oxidation sites excluding steroid dienone is 6. The lowest BCUT2D eigenvalue weighted by atomic mass is 10.1. The summed E-state index contributed by atoms with van der Waals surface area (Å²) in [5.41, 5.74) is 5.30. The van der Waals surface area contributed by atoms with Crippen LogP contribution in [0.2, 0.25) is 0 Å². The third-order valence-electron chi connectivity index (χ3n) is 7.07. The minimum Gasteiger partial charge on any atom is -0.480 e. The van der Waals surface area contributed by atoms with Crippen LogP contribution in [-0.2, 0) is 37.5 Å². The van der Waals surface area contributed by atoms with E-state index in [2.05, 4.69) is 54.8 Å². The lowest BCUT2D eigenvalue weighted by Gasteiger charge is -2.20. The van der Waals surface area contributed by atoms with Crippen molar-refractivity contribution in [2.24, 2.45) is 5.73 Å². The number of carboxylic acid groups (broad SMARTS) is 1. The van der Waals surface area contributed by atoms with Crippen molar-refractivity contribution in [1.29, 1.82) is 0 Å². The van der Waals surface area contributed by atoms with Gasteiger partial charge in [-0.1, -0.05) is 102 Å². The number of phosphoric ester groups is 1. The molecular formula is C35H62NO10P. The molecule has 0 aromatic heterocycles. The normalized spacial score (nSPS) is 14.5. The van der Waals surface area contributed by atoms with Gasteiger partial charge in [0, 0.05) is 12.8 Å². The number of hydrogen-bond acceptors (Lipinski definition) is 9. The number of unbranched alkanes of at least 4 members (excludes halogenated alkanes) is 12. The van der Waals surface area contributed by atoms with Gasteiger partial charge in [0.1, 0.15) is 12.6 Å². The Kier molecular flexibility index (Phi) is 29.5. The van der Waals surface area contributed by atoms with Crippen molar-refractivity contribution in [3.63, 3.8) is 0 Å². The molecule has 0 saturated heterocycles. The number of hydrogen-bond donors (Lipinski definition) is 3. The van der Waals surface area contributed by atoms with Crippen molar-refractivity contribution in [3.05, 3.63) is 36.5 Å². The Morgan fingerprint density at radius 1 is 0.660 bits per heavy atom. The fourth-order valence-corrected chi connectivity index (χ4v) is 5.06. The first kappa shape index (κ1) is 44.7. The van der Waals surface area contributed by atoms with E-state index in [0.29, 0.717) is 12.8 Å². The van der Waals surface area contributed by atoms with E-state index in [1.807, 2.05) is 0 Å². The summed E-state index contributed by atoms with van der Waals surface area (Å²) >= 11 is 0. The summed E-state index contributed by atoms with van der Waals surface area (Å²) in [6, 6.07) is -1.52. The Hall–Kier alpha value is -2.30. The topological polar surface area (TPSA) is 172 Å². The molecule has 0 radical (unpaired) electrons. The summed E-state index contributed by atoms with van der Waals surface area (Å²) in [6.07, 6.45) is 29.4. The number of carbonyl (C=O) groups is 3. The minimum absolute atomic E-state index is 0.142. The number of ether oxygens (including phenoxy) is 2. The van der Waals surface area contributed by atoms with Gasteiger partial charge in [0.15, 0.2) is 6.10 Å². The Labute approximate surface area is 282 Å². The van der Waals surface area contributed by atoms with Crippen LogP contribution in [0.1, 0.15) is 136 Å². The summed E-state index contributed by atoms with van der Waals surface area (Å²) in [5, 5.41) is 8.83. The maximum absolute atomic E-state index is 12.5. The van der Waals surface area contributed by atoms with Crippen LogP contribution >= 0.6 is 7.82 Å². The van der Waals surface area contributed by atoms with Gasteiger partial charge in [-0.25, -0.2) is 4.57 Å². The summed E-state index contributed by atoms with van der Waals surface area (Å²) in [5.74, 6) is -2.42. The molecule has 11 nitrogen and oxygen atoms in total. The number of carbonyl (C=O) groups excluding carboxylic acids is 2. The van der Waals surface area contributed by atoms with Crippen LogP contribution in [0.3, 0.4) is 0 Å². The molecule has 3 atom stereocenters. The number of esters is 2. The van der Waals surface area contributed by atoms with Crippen LogP contribution in [0.15, 0.2) is 36.5 Å². The molecule has 272 valence electrons. The minimum atomic E-state index is -4.71. The molecule has 47 heavy (non-hydrogen) atoms. The number of aliphatic carboxylic acids is 1. The fraction of sp³-hybridized carbons (Fsp3) is 0.743. The van der Waals surface area contributed by atoms with Crippen molar-refractivity contribution in [1.82, 2.24) is 0 Å². The predicted molar refractivity (Wildman–Crippen MR) is 185 cm³/mol. The van der Waals surface area contributed by atoms with Gasteiger partial charge in [-0.15, -0.1) is 0 Å². The summed E-state index contributed by atoms with van der Waals surface area (Å²) in [7, 11) is -4.71. The lowest BCUT2D eigenvalue weighted by molar-refractivity contribution is -0.161. The second kappa shape index (κ2) is 31.0. The summed E-state index contributed by atoms with van der Waals surface area (Å²) < 4.78 is 32.4. The van der Waals surface area contributed by atoms with Gasteiger partial charge >= 0.3 is 25.7 Å². The number of phosphoric acid groups is 1. The Morgan fingerprint density at radius 2 is 1.13 bits per heavy atom. The van der Waals surface area contributed by atoms with E-state index in [0.717, 1.165) is 96.3 Å². The van der Waals surface area contributed by atoms with E-state index >= 15 is 0 Å². The molecule has 0 heterocycles. The van der Waals surface area contributed by atoms with Gasteiger partial charge in [-0.05, 0) is 57.8 Å². The van der Waals surface area contributed by atoms with Gasteiger partial charge in [0.25, 0.3) is 0 Å². The maximum atomic E-state index is 12.5. The van der Waals surface area contributed by atoms with Gasteiger partial charge in [0.05, 0.1) is 13.2 Å². The van der Waals surface area contributed by atoms with Crippen molar-refractivity contribution in [2.45, 2.75) is 148 Å². The second-order valence-corrected chi connectivity index (χ2v) is 13.1. The van der Waals surface area contributed by atoms with Crippen molar-refractivity contribution in [2.75, 3.05) is 19.8 Å². The standard InChI is InChI=1S/C35H62NO10P/c1-3-5-7-9-11-13-15-16-17-19-21-23-25-27-34(38)46-31(29-44-47(41,42)45-30-32(36)35(39)40)28-43-33(37)26-24-22-20-18-14-12-10-8-6-4-2/h7-10,13,15,31-32H,3-6,11-12,14,16-30,36H2,1-2H3,(H,39,40)(H,41,42)/b9-7-,10-8-,15-13-. The molecule has 0 amide bonds. The highest BCUT2D eigenvalue weighted by atomic mass is 31.2. The highest BCUT2D eigenvalue weighted by Gasteiger charge is 2.28. The van der Waals surface area contributed by atoms with Crippen LogP contribution in [0.5, 0.6) is 0 Å². The Bertz CT molecular complexity index is 953. The molecule has 0 aliphatic rings. The molecule has 0 spiro atoms. The zero-order valence-electron chi connectivity index (χ0n) is 28.9. The molecule has 0 aliphatic heterocycles. The molecule has 0 saturated carbocycles. The van der Waals surface area contributed by atoms with Gasteiger partial charge < -0.3 is 25.2 Å². The van der Waals surface area contributed by atoms with Gasteiger partial charge in [-0.2, -0.15) is 0 Å². The molecule has 0 aliphatic carbocycles. The van der Waals surface area contributed by atoms with E-state index in [1.54, 1.807) is 0 Å². The average Bonchev–Trinajstić information content (AvgIpc) is 3.04. The van der Waals surface area contributed by atoms with Crippen LogP contribution < -0.4 is 5.73 Å². The van der Waals surface area contributed by atoms with E-state index in [-0.39, 0.29) is 19.4 Å². The molecule has 3 unspecified atom stereocenters. The van der Waals surface area contributed by atoms with Crippen molar-refractivity contribution >= 4 is 25.7 Å². The predicted octanol–water partition coefficient (Wildman–Crippen LogP) is 8.11. The smallest absolute Gasteiger partial charge is 0.472 e. The Morgan fingerprint density at radius 3 is 1.70 bits per heavy atom. The van der Waals surface area contributed by atoms with Crippen LogP contribution in [-0.4, -0.2) is 59.9 Å². The van der Waals surface area contributed by atoms with Gasteiger partial charge in [-0.3, -0.25) is 23.4 Å². The van der Waals surface area contributed by atoms with E-state index in [4.69, 9.17) is 24.8 Å². The molecule has 0 fully saturated rings. The highest BCUT2D eigenvalue weighted by Crippen LogP contribution is 2.43. The second-order valence-electron chi connectivity index (χ2n) is 11.6. The van der Waals surface area contributed by atoms with E-state index < -0.39 is 51.1 Å². The third kappa shape index (κ3) is 30.8. The molecule has 0 bridgehead atoms. The molecule has 0 rings (SSSR count). The SMILES string of the molecule is CCC/C=C\C/C=C\CCCCCCCC(=O)OC(COC(=O)CCCCCCC/C=C\CCC)COP(=O)(O)OCC(N)C(=O)O. The molecule has 0 aromatic rings. The van der Waals surface area contributed by atoms with Crippen LogP contribution in [0.4, 0.5) is 0 Å². The van der Waals surface area contributed by atoms with Crippen LogP contribution in [0.25, 0.3) is 0 Å². The summed E-state index contributed by atoms with van der Waals surface area (Å²) in [4.78, 5) is 45.6. The van der Waals surface area contributed by atoms with E-state index in [1.165, 1.54) is 0 Å². The number of rotatable bonds is 32. The van der Waals surface area contributed by atoms with E-state index in [9.17, 15) is 23.8 Å². The largest absolute Gasteiger partial charge is 0.480 e. The number of nitrogens with two attached hydrogens (primary N) is 1. The first-order chi connectivity index (χ1) is 22.6. The maximum Gasteiger partial charge on any atom is 0.472 e. The zero-order chi connectivity index (χ0) is 35.0. The van der Waals surface area contributed by atoms with Crippen LogP contribution in [0, 0.1) is 0 Å². The van der Waals surface area contributed by atoms with Gasteiger partial charge in [0.2, 0.25) is 0 Å². The molecular weight excluding hydrogens is 625 g/mol. The molecule has 0 aromatic carbocycles. The molecule has 12 heteroatoms. The first-order valence-electron chi connectivity index (χ1n) is 17.5. The number of carboxylic acids is 1. The zero-order valence-corrected chi connectivity index (χ0v) is 29.8. The quantitative estimate of drug-likeness (QED) is 0.0270. The Balaban J connectivity index is 4.53. The summed E-state index contributed by atoms with van der Waals surface area (Å²) in [6.45, 7) is 2.61. The lowest BCUT2D eigenvalue weighted by Crippen LogP contribution is -2.34. The fourth-order valence-electron chi connectivity index (χ4n) is 4.28. The monoisotopic (exact) mass is 687 g/mol. The third-order valence-corrected chi connectivity index (χ3v) is 8.02.